The van der Waals surface area contributed by atoms with Gasteiger partial charge in [0.05, 0.1) is 12.7 Å². The van der Waals surface area contributed by atoms with Gasteiger partial charge in [0.15, 0.2) is 0 Å². The van der Waals surface area contributed by atoms with Crippen LogP contribution in [0.3, 0.4) is 0 Å². The second kappa shape index (κ2) is 9.24. The molecule has 6 nitrogen and oxygen atoms in total. The first kappa shape index (κ1) is 15.3. The Morgan fingerprint density at radius 2 is 2.26 bits per heavy atom. The third kappa shape index (κ3) is 6.69. The molecule has 0 saturated heterocycles. The topological polar surface area (TPSA) is 76.9 Å². The van der Waals surface area contributed by atoms with E-state index in [9.17, 15) is 9.59 Å². The van der Waals surface area contributed by atoms with Gasteiger partial charge in [-0.25, -0.2) is 0 Å². The standard InChI is InChI=1S/C13H22N4O2/c1-2-3-7-13(19)14-10-12-11-17(16-15-12)8-5-4-6-9-18/h9,11H,2-8,10H2,1H3,(H,14,19). The molecule has 1 amide bonds. The number of carbonyl (C=O) groups is 2. The fourth-order valence-corrected chi connectivity index (χ4v) is 1.65. The van der Waals surface area contributed by atoms with Crippen LogP contribution in [0.2, 0.25) is 0 Å². The van der Waals surface area contributed by atoms with Crippen molar-refractivity contribution in [1.82, 2.24) is 20.3 Å². The van der Waals surface area contributed by atoms with Crippen molar-refractivity contribution in [3.05, 3.63) is 11.9 Å². The summed E-state index contributed by atoms with van der Waals surface area (Å²) in [5, 5.41) is 10.8. The Balaban J connectivity index is 2.22. The highest BCUT2D eigenvalue weighted by molar-refractivity contribution is 5.75. The van der Waals surface area contributed by atoms with Crippen LogP contribution in [0.4, 0.5) is 0 Å². The zero-order valence-corrected chi connectivity index (χ0v) is 11.5. The second-order valence-electron chi connectivity index (χ2n) is 4.52. The number of hydrogen-bond donors (Lipinski definition) is 1. The molecule has 0 aromatic carbocycles. The maximum absolute atomic E-state index is 11.4. The molecule has 0 atom stereocenters. The number of carbonyl (C=O) groups excluding carboxylic acids is 2. The number of hydrogen-bond acceptors (Lipinski definition) is 4. The third-order valence-electron chi connectivity index (χ3n) is 2.77. The summed E-state index contributed by atoms with van der Waals surface area (Å²) in [6.07, 6.45) is 7.63. The first-order valence-electron chi connectivity index (χ1n) is 6.85. The third-order valence-corrected chi connectivity index (χ3v) is 2.77. The largest absolute Gasteiger partial charge is 0.350 e. The number of rotatable bonds is 10. The van der Waals surface area contributed by atoms with E-state index >= 15 is 0 Å². The maximum atomic E-state index is 11.4. The summed E-state index contributed by atoms with van der Waals surface area (Å²) in [5.74, 6) is 0.0578. The Bertz CT molecular complexity index is 390. The van der Waals surface area contributed by atoms with Crippen molar-refractivity contribution in [1.29, 1.82) is 0 Å². The number of nitrogens with one attached hydrogen (secondary N) is 1. The Hall–Kier alpha value is -1.72. The zero-order valence-electron chi connectivity index (χ0n) is 11.5. The average Bonchev–Trinajstić information content (AvgIpc) is 2.87. The summed E-state index contributed by atoms with van der Waals surface area (Å²) in [6, 6.07) is 0. The molecule has 1 N–H and O–H groups in total. The normalized spacial score (nSPS) is 10.4. The molecule has 0 spiro atoms. The van der Waals surface area contributed by atoms with Crippen molar-refractivity contribution in [3.8, 4) is 0 Å². The molecule has 0 saturated carbocycles. The predicted molar refractivity (Wildman–Crippen MR) is 71.3 cm³/mol. The monoisotopic (exact) mass is 266 g/mol. The Morgan fingerprint density at radius 1 is 1.42 bits per heavy atom. The van der Waals surface area contributed by atoms with Crippen LogP contribution in [0.15, 0.2) is 6.20 Å². The van der Waals surface area contributed by atoms with Crippen molar-refractivity contribution in [2.24, 2.45) is 0 Å². The summed E-state index contributed by atoms with van der Waals surface area (Å²) in [4.78, 5) is 21.6. The Morgan fingerprint density at radius 3 is 3.00 bits per heavy atom. The lowest BCUT2D eigenvalue weighted by atomic mass is 10.2. The molecule has 0 bridgehead atoms. The van der Waals surface area contributed by atoms with Crippen molar-refractivity contribution in [3.63, 3.8) is 0 Å². The maximum Gasteiger partial charge on any atom is 0.220 e. The van der Waals surface area contributed by atoms with Gasteiger partial charge >= 0.3 is 0 Å². The molecular weight excluding hydrogens is 244 g/mol. The van der Waals surface area contributed by atoms with Gasteiger partial charge in [-0.3, -0.25) is 9.48 Å². The van der Waals surface area contributed by atoms with Crippen LogP contribution in [-0.2, 0) is 22.7 Å². The number of unbranched alkanes of at least 4 members (excludes halogenated alkanes) is 3. The van der Waals surface area contributed by atoms with Gasteiger partial charge in [0.2, 0.25) is 5.91 Å². The minimum atomic E-state index is 0.0578. The first-order valence-corrected chi connectivity index (χ1v) is 6.85. The van der Waals surface area contributed by atoms with Crippen LogP contribution < -0.4 is 5.32 Å². The van der Waals surface area contributed by atoms with Crippen molar-refractivity contribution >= 4 is 12.2 Å². The van der Waals surface area contributed by atoms with Crippen LogP contribution in [0.1, 0.15) is 51.1 Å². The molecule has 0 unspecified atom stereocenters. The predicted octanol–water partition coefficient (Wildman–Crippen LogP) is 1.45. The molecule has 6 heteroatoms. The van der Waals surface area contributed by atoms with E-state index < -0.39 is 0 Å². The van der Waals surface area contributed by atoms with Crippen LogP contribution in [0.25, 0.3) is 0 Å². The lowest BCUT2D eigenvalue weighted by molar-refractivity contribution is -0.121. The highest BCUT2D eigenvalue weighted by atomic mass is 16.1. The number of nitrogens with zero attached hydrogens (tertiary/aromatic N) is 3. The summed E-state index contributed by atoms with van der Waals surface area (Å²) < 4.78 is 1.75. The van der Waals surface area contributed by atoms with Crippen LogP contribution in [0, 0.1) is 0 Å². The molecular formula is C13H22N4O2. The van der Waals surface area contributed by atoms with Gasteiger partial charge in [-0.2, -0.15) is 0 Å². The van der Waals surface area contributed by atoms with Gasteiger partial charge in [0.1, 0.15) is 12.0 Å². The SMILES string of the molecule is CCCCC(=O)NCc1cn(CCCCC=O)nn1. The summed E-state index contributed by atoms with van der Waals surface area (Å²) in [6.45, 7) is 3.24. The van der Waals surface area contributed by atoms with Gasteiger partial charge in [-0.15, -0.1) is 5.10 Å². The molecule has 1 heterocycles. The lowest BCUT2D eigenvalue weighted by Crippen LogP contribution is -2.22. The van der Waals surface area contributed by atoms with E-state index in [0.717, 1.165) is 44.2 Å². The van der Waals surface area contributed by atoms with Gasteiger partial charge in [0, 0.05) is 19.4 Å². The fraction of sp³-hybridized carbons (Fsp3) is 0.692. The molecule has 1 rings (SSSR count). The molecule has 0 radical (unpaired) electrons. The van der Waals surface area contributed by atoms with E-state index in [1.807, 2.05) is 6.20 Å². The first-order chi connectivity index (χ1) is 9.26. The van der Waals surface area contributed by atoms with Crippen molar-refractivity contribution < 1.29 is 9.59 Å². The number of aromatic nitrogens is 3. The van der Waals surface area contributed by atoms with Gasteiger partial charge in [-0.1, -0.05) is 18.6 Å². The molecule has 0 aliphatic rings. The van der Waals surface area contributed by atoms with Crippen LogP contribution >= 0.6 is 0 Å². The average molecular weight is 266 g/mol. The van der Waals surface area contributed by atoms with Crippen LogP contribution in [-0.4, -0.2) is 27.2 Å². The van der Waals surface area contributed by atoms with E-state index in [1.54, 1.807) is 4.68 Å². The zero-order chi connectivity index (χ0) is 13.9. The molecule has 106 valence electrons. The van der Waals surface area contributed by atoms with Gasteiger partial charge in [0.25, 0.3) is 0 Å². The van der Waals surface area contributed by atoms with E-state index in [-0.39, 0.29) is 5.91 Å². The number of aldehydes is 1. The van der Waals surface area contributed by atoms with E-state index in [0.29, 0.717) is 19.4 Å². The molecule has 0 aliphatic carbocycles. The molecule has 1 aromatic heterocycles. The summed E-state index contributed by atoms with van der Waals surface area (Å²) >= 11 is 0. The quantitative estimate of drug-likeness (QED) is 0.513. The lowest BCUT2D eigenvalue weighted by Gasteiger charge is -2.01. The fourth-order valence-electron chi connectivity index (χ4n) is 1.65. The summed E-state index contributed by atoms with van der Waals surface area (Å²) in [7, 11) is 0. The molecule has 19 heavy (non-hydrogen) atoms. The van der Waals surface area contributed by atoms with E-state index in [2.05, 4.69) is 22.6 Å². The van der Waals surface area contributed by atoms with Gasteiger partial charge < -0.3 is 10.1 Å². The smallest absolute Gasteiger partial charge is 0.220 e. The highest BCUT2D eigenvalue weighted by Gasteiger charge is 2.04. The van der Waals surface area contributed by atoms with E-state index in [1.165, 1.54) is 0 Å². The highest BCUT2D eigenvalue weighted by Crippen LogP contribution is 1.99. The minimum absolute atomic E-state index is 0.0578. The molecule has 0 fully saturated rings. The Kier molecular flexibility index (Phi) is 7.46. The van der Waals surface area contributed by atoms with Crippen LogP contribution in [0.5, 0.6) is 0 Å². The molecule has 0 aliphatic heterocycles. The van der Waals surface area contributed by atoms with Crippen molar-refractivity contribution in [2.45, 2.75) is 58.5 Å². The number of amides is 1. The van der Waals surface area contributed by atoms with Crippen molar-refractivity contribution in [2.75, 3.05) is 0 Å². The second-order valence-corrected chi connectivity index (χ2v) is 4.52. The van der Waals surface area contributed by atoms with E-state index in [4.69, 9.17) is 0 Å². The minimum Gasteiger partial charge on any atom is -0.350 e. The molecule has 1 aromatic rings. The number of aryl methyl sites for hydroxylation is 1. The summed E-state index contributed by atoms with van der Waals surface area (Å²) in [5.41, 5.74) is 0.764. The Labute approximate surface area is 113 Å². The van der Waals surface area contributed by atoms with Gasteiger partial charge in [-0.05, 0) is 19.3 Å².